The van der Waals surface area contributed by atoms with Gasteiger partial charge in [-0.1, -0.05) is 0 Å². The standard InChI is InChI=1S/C14H20N2O4/c1-8-6-10(17)16(9(2)11(8)12(18)19)7-14(3,4)13(20)15-5/h6H,7H2,1-5H3,(H,15,20)(H,18,19). The Morgan fingerprint density at radius 2 is 1.90 bits per heavy atom. The Morgan fingerprint density at radius 1 is 1.35 bits per heavy atom. The lowest BCUT2D eigenvalue weighted by atomic mass is 9.91. The van der Waals surface area contributed by atoms with Gasteiger partial charge in [0.25, 0.3) is 5.56 Å². The van der Waals surface area contributed by atoms with Crippen molar-refractivity contribution in [3.63, 3.8) is 0 Å². The molecule has 0 aliphatic heterocycles. The molecular weight excluding hydrogens is 260 g/mol. The third kappa shape index (κ3) is 2.89. The van der Waals surface area contributed by atoms with Crippen LogP contribution in [-0.2, 0) is 11.3 Å². The zero-order valence-electron chi connectivity index (χ0n) is 12.4. The number of carbonyl (C=O) groups excluding carboxylic acids is 1. The molecule has 2 N–H and O–H groups in total. The monoisotopic (exact) mass is 280 g/mol. The molecule has 0 aromatic carbocycles. The van der Waals surface area contributed by atoms with Gasteiger partial charge in [-0.25, -0.2) is 4.79 Å². The van der Waals surface area contributed by atoms with Gasteiger partial charge in [0.2, 0.25) is 5.91 Å². The maximum atomic E-state index is 12.1. The van der Waals surface area contributed by atoms with E-state index in [0.717, 1.165) is 0 Å². The van der Waals surface area contributed by atoms with Crippen LogP contribution in [0.5, 0.6) is 0 Å². The Bertz CT molecular complexity index is 614. The van der Waals surface area contributed by atoms with Gasteiger partial charge in [-0.2, -0.15) is 0 Å². The predicted molar refractivity (Wildman–Crippen MR) is 75.0 cm³/mol. The van der Waals surface area contributed by atoms with E-state index >= 15 is 0 Å². The van der Waals surface area contributed by atoms with Crippen molar-refractivity contribution in [2.45, 2.75) is 34.2 Å². The van der Waals surface area contributed by atoms with E-state index in [9.17, 15) is 19.5 Å². The van der Waals surface area contributed by atoms with E-state index in [2.05, 4.69) is 5.32 Å². The third-order valence-electron chi connectivity index (χ3n) is 3.38. The van der Waals surface area contributed by atoms with E-state index in [1.54, 1.807) is 27.7 Å². The second-order valence-electron chi connectivity index (χ2n) is 5.48. The predicted octanol–water partition coefficient (Wildman–Crippen LogP) is 0.936. The molecule has 0 spiro atoms. The first kappa shape index (κ1) is 15.9. The number of nitrogens with zero attached hydrogens (tertiary/aromatic N) is 1. The van der Waals surface area contributed by atoms with Gasteiger partial charge in [0.15, 0.2) is 0 Å². The van der Waals surface area contributed by atoms with Crippen LogP contribution in [0, 0.1) is 19.3 Å². The molecular formula is C14H20N2O4. The minimum absolute atomic E-state index is 0.109. The van der Waals surface area contributed by atoms with Crippen LogP contribution in [0.15, 0.2) is 10.9 Å². The highest BCUT2D eigenvalue weighted by molar-refractivity contribution is 5.90. The molecule has 1 heterocycles. The molecule has 1 aromatic rings. The average molecular weight is 280 g/mol. The normalized spacial score (nSPS) is 11.2. The summed E-state index contributed by atoms with van der Waals surface area (Å²) in [6.07, 6.45) is 0. The fourth-order valence-electron chi connectivity index (χ4n) is 2.25. The molecule has 0 aliphatic carbocycles. The van der Waals surface area contributed by atoms with E-state index in [4.69, 9.17) is 0 Å². The lowest BCUT2D eigenvalue weighted by molar-refractivity contribution is -0.129. The van der Waals surface area contributed by atoms with Crippen molar-refractivity contribution in [1.29, 1.82) is 0 Å². The van der Waals surface area contributed by atoms with Gasteiger partial charge >= 0.3 is 5.97 Å². The van der Waals surface area contributed by atoms with Crippen molar-refractivity contribution in [3.8, 4) is 0 Å². The van der Waals surface area contributed by atoms with E-state index in [1.165, 1.54) is 17.7 Å². The van der Waals surface area contributed by atoms with Gasteiger partial charge < -0.3 is 15.0 Å². The smallest absolute Gasteiger partial charge is 0.337 e. The van der Waals surface area contributed by atoms with E-state index in [-0.39, 0.29) is 23.6 Å². The summed E-state index contributed by atoms with van der Waals surface area (Å²) in [4.78, 5) is 35.1. The van der Waals surface area contributed by atoms with Crippen LogP contribution in [0.25, 0.3) is 0 Å². The molecule has 0 fully saturated rings. The van der Waals surface area contributed by atoms with Gasteiger partial charge in [-0.05, 0) is 33.3 Å². The number of carboxylic acid groups (broad SMARTS) is 1. The Balaban J connectivity index is 3.40. The summed E-state index contributed by atoms with van der Waals surface area (Å²) in [7, 11) is 1.53. The fourth-order valence-corrected chi connectivity index (χ4v) is 2.25. The zero-order valence-corrected chi connectivity index (χ0v) is 12.4. The molecule has 20 heavy (non-hydrogen) atoms. The first-order valence-electron chi connectivity index (χ1n) is 6.28. The van der Waals surface area contributed by atoms with E-state index in [0.29, 0.717) is 11.3 Å². The van der Waals surface area contributed by atoms with Gasteiger partial charge in [0.05, 0.1) is 11.0 Å². The molecule has 1 amide bonds. The second kappa shape index (κ2) is 5.48. The lowest BCUT2D eigenvalue weighted by Gasteiger charge is -2.25. The number of rotatable bonds is 4. The van der Waals surface area contributed by atoms with Crippen molar-refractivity contribution in [2.75, 3.05) is 7.05 Å². The minimum atomic E-state index is -1.08. The Hall–Kier alpha value is -2.11. The highest BCUT2D eigenvalue weighted by atomic mass is 16.4. The minimum Gasteiger partial charge on any atom is -0.478 e. The number of aryl methyl sites for hydroxylation is 1. The summed E-state index contributed by atoms with van der Waals surface area (Å²) in [6.45, 7) is 6.71. The average Bonchev–Trinajstić information content (AvgIpc) is 2.32. The number of hydrogen-bond donors (Lipinski definition) is 2. The van der Waals surface area contributed by atoms with Crippen molar-refractivity contribution in [2.24, 2.45) is 5.41 Å². The second-order valence-corrected chi connectivity index (χ2v) is 5.48. The molecule has 0 unspecified atom stereocenters. The number of carbonyl (C=O) groups is 2. The SMILES string of the molecule is CNC(=O)C(C)(C)Cn1c(C)c(C(=O)O)c(C)cc1=O. The van der Waals surface area contributed by atoms with Crippen molar-refractivity contribution < 1.29 is 14.7 Å². The number of pyridine rings is 1. The molecule has 0 aliphatic rings. The van der Waals surface area contributed by atoms with Crippen molar-refractivity contribution in [1.82, 2.24) is 9.88 Å². The van der Waals surface area contributed by atoms with Crippen LogP contribution in [0.4, 0.5) is 0 Å². The third-order valence-corrected chi connectivity index (χ3v) is 3.38. The number of aromatic nitrogens is 1. The molecule has 0 saturated heterocycles. The van der Waals surface area contributed by atoms with Crippen LogP contribution in [0.2, 0.25) is 0 Å². The maximum absolute atomic E-state index is 12.1. The zero-order chi connectivity index (χ0) is 15.7. The van der Waals surface area contributed by atoms with Gasteiger partial charge in [-0.3, -0.25) is 9.59 Å². The molecule has 0 atom stereocenters. The molecule has 6 heteroatoms. The number of nitrogens with one attached hydrogen (secondary N) is 1. The number of carboxylic acids is 1. The van der Waals surface area contributed by atoms with E-state index in [1.807, 2.05) is 0 Å². The Kier molecular flexibility index (Phi) is 4.37. The molecule has 1 aromatic heterocycles. The summed E-state index contributed by atoms with van der Waals surface area (Å²) in [5.41, 5.74) is -0.221. The van der Waals surface area contributed by atoms with Gasteiger partial charge in [0, 0.05) is 25.4 Å². The summed E-state index contributed by atoms with van der Waals surface area (Å²) in [5.74, 6) is -1.28. The van der Waals surface area contributed by atoms with E-state index < -0.39 is 11.4 Å². The highest BCUT2D eigenvalue weighted by Crippen LogP contribution is 2.20. The molecule has 110 valence electrons. The van der Waals surface area contributed by atoms with Crippen LogP contribution in [-0.4, -0.2) is 28.6 Å². The van der Waals surface area contributed by atoms with Crippen LogP contribution in [0.3, 0.4) is 0 Å². The van der Waals surface area contributed by atoms with Gasteiger partial charge in [-0.15, -0.1) is 0 Å². The summed E-state index contributed by atoms with van der Waals surface area (Å²) < 4.78 is 1.34. The summed E-state index contributed by atoms with van der Waals surface area (Å²) >= 11 is 0. The van der Waals surface area contributed by atoms with Crippen LogP contribution >= 0.6 is 0 Å². The number of hydrogen-bond acceptors (Lipinski definition) is 3. The molecule has 0 radical (unpaired) electrons. The summed E-state index contributed by atoms with van der Waals surface area (Å²) in [5, 5.41) is 11.8. The molecule has 0 bridgehead atoms. The summed E-state index contributed by atoms with van der Waals surface area (Å²) in [6, 6.07) is 1.29. The quantitative estimate of drug-likeness (QED) is 0.859. The topological polar surface area (TPSA) is 88.4 Å². The highest BCUT2D eigenvalue weighted by Gasteiger charge is 2.29. The van der Waals surface area contributed by atoms with Crippen molar-refractivity contribution in [3.05, 3.63) is 33.2 Å². The van der Waals surface area contributed by atoms with Gasteiger partial charge in [0.1, 0.15) is 0 Å². The van der Waals surface area contributed by atoms with Crippen molar-refractivity contribution >= 4 is 11.9 Å². The fraction of sp³-hybridized carbons (Fsp3) is 0.500. The first-order valence-corrected chi connectivity index (χ1v) is 6.28. The number of amides is 1. The number of aromatic carboxylic acids is 1. The molecule has 6 nitrogen and oxygen atoms in total. The lowest BCUT2D eigenvalue weighted by Crippen LogP contribution is -2.41. The molecule has 1 rings (SSSR count). The largest absolute Gasteiger partial charge is 0.478 e. The maximum Gasteiger partial charge on any atom is 0.337 e. The Labute approximate surface area is 117 Å². The van der Waals surface area contributed by atoms with Crippen LogP contribution in [0.1, 0.15) is 35.5 Å². The van der Waals surface area contributed by atoms with Crippen LogP contribution < -0.4 is 10.9 Å². The molecule has 0 saturated carbocycles. The Morgan fingerprint density at radius 3 is 2.35 bits per heavy atom. The first-order chi connectivity index (χ1) is 9.11.